The third-order valence-corrected chi connectivity index (χ3v) is 8.70. The van der Waals surface area contributed by atoms with Crippen LogP contribution in [0.3, 0.4) is 0 Å². The van der Waals surface area contributed by atoms with E-state index in [4.69, 9.17) is 4.98 Å². The van der Waals surface area contributed by atoms with Crippen LogP contribution in [0.4, 0.5) is 17.3 Å². The summed E-state index contributed by atoms with van der Waals surface area (Å²) in [6, 6.07) is 10.3. The summed E-state index contributed by atoms with van der Waals surface area (Å²) in [5.74, 6) is 0.818. The molecule has 0 radical (unpaired) electrons. The molecule has 4 heterocycles. The van der Waals surface area contributed by atoms with Crippen LogP contribution in [0, 0.1) is 5.92 Å². The van der Waals surface area contributed by atoms with Gasteiger partial charge in [-0.25, -0.2) is 15.0 Å². The average molecular weight is 561 g/mol. The number of fused-ring (bicyclic) bond motifs is 1. The summed E-state index contributed by atoms with van der Waals surface area (Å²) >= 11 is 0. The van der Waals surface area contributed by atoms with E-state index in [-0.39, 0.29) is 5.56 Å². The number of allylic oxidation sites excluding steroid dienone is 3. The molecule has 1 aliphatic heterocycles. The van der Waals surface area contributed by atoms with Gasteiger partial charge in [-0.1, -0.05) is 12.7 Å². The maximum absolute atomic E-state index is 14.0. The van der Waals surface area contributed by atoms with Crippen LogP contribution >= 0.6 is 0 Å². The normalized spacial score (nSPS) is 17.5. The second-order valence-corrected chi connectivity index (χ2v) is 11.7. The lowest BCUT2D eigenvalue weighted by atomic mass is 10.0. The van der Waals surface area contributed by atoms with Gasteiger partial charge >= 0.3 is 0 Å². The lowest BCUT2D eigenvalue weighted by molar-refractivity contribution is 0.313. The molecule has 0 unspecified atom stereocenters. The lowest BCUT2D eigenvalue weighted by Crippen LogP contribution is -2.44. The maximum atomic E-state index is 14.0. The molecule has 1 aromatic carbocycles. The molecule has 0 atom stereocenters. The smallest absolute Gasteiger partial charge is 0.260 e. The molecule has 4 aromatic rings. The topological polar surface area (TPSA) is 92.1 Å². The first kappa shape index (κ1) is 26.5. The van der Waals surface area contributed by atoms with E-state index in [1.165, 1.54) is 11.3 Å². The van der Waals surface area contributed by atoms with Gasteiger partial charge in [0.25, 0.3) is 5.56 Å². The van der Waals surface area contributed by atoms with Crippen molar-refractivity contribution < 1.29 is 0 Å². The van der Waals surface area contributed by atoms with Crippen LogP contribution in [0.1, 0.15) is 48.9 Å². The van der Waals surface area contributed by atoms with Crippen LogP contribution in [0.25, 0.3) is 22.2 Å². The fraction of sp³-hybridized carbons (Fsp3) is 0.364. The largest absolute Gasteiger partial charge is 0.369 e. The molecule has 7 rings (SSSR count). The number of hydrogen-bond donors (Lipinski definition) is 1. The number of rotatable bonds is 8. The van der Waals surface area contributed by atoms with Crippen molar-refractivity contribution in [3.05, 3.63) is 88.9 Å². The van der Waals surface area contributed by atoms with E-state index in [0.29, 0.717) is 29.6 Å². The van der Waals surface area contributed by atoms with Crippen LogP contribution < -0.4 is 15.8 Å². The monoisotopic (exact) mass is 560 g/mol. The minimum atomic E-state index is -0.0872. The Balaban J connectivity index is 1.23. The zero-order valence-corrected chi connectivity index (χ0v) is 24.1. The highest BCUT2D eigenvalue weighted by Gasteiger charge is 2.28. The number of hydrogen-bond acceptors (Lipinski definition) is 8. The fourth-order valence-electron chi connectivity index (χ4n) is 6.02. The van der Waals surface area contributed by atoms with Crippen molar-refractivity contribution in [2.24, 2.45) is 5.92 Å². The number of anilines is 3. The van der Waals surface area contributed by atoms with Gasteiger partial charge < -0.3 is 15.1 Å². The zero-order valence-electron chi connectivity index (χ0n) is 24.1. The molecule has 1 N–H and O–H groups in total. The summed E-state index contributed by atoms with van der Waals surface area (Å²) in [5, 5.41) is 4.16. The van der Waals surface area contributed by atoms with E-state index >= 15 is 0 Å². The number of pyridine rings is 1. The van der Waals surface area contributed by atoms with Crippen molar-refractivity contribution >= 4 is 39.5 Å². The highest BCUT2D eigenvalue weighted by Crippen LogP contribution is 2.40. The van der Waals surface area contributed by atoms with Crippen molar-refractivity contribution in [3.63, 3.8) is 0 Å². The molecule has 0 amide bonds. The van der Waals surface area contributed by atoms with E-state index in [9.17, 15) is 4.79 Å². The molecule has 0 bridgehead atoms. The SMILES string of the molecule is C=C(c1cc2cnc(Nc3ccc(N4CCN(C)CC4)cc3)nc2n(Cc2cncnc2C2=CCCC2)c1=O)C1CC1. The first-order chi connectivity index (χ1) is 20.5. The number of likely N-dealkylation sites (N-methyl/N-ethyl adjacent to an activating group) is 1. The zero-order chi connectivity index (χ0) is 28.6. The van der Waals surface area contributed by atoms with E-state index in [1.807, 2.05) is 12.3 Å². The summed E-state index contributed by atoms with van der Waals surface area (Å²) in [5.41, 5.74) is 7.20. The number of piperazine rings is 1. The number of nitrogens with zero attached hydrogens (tertiary/aromatic N) is 7. The minimum absolute atomic E-state index is 0.0872. The molecule has 2 fully saturated rings. The number of nitrogens with one attached hydrogen (secondary N) is 1. The second kappa shape index (κ2) is 11.1. The maximum Gasteiger partial charge on any atom is 0.260 e. The summed E-state index contributed by atoms with van der Waals surface area (Å²) in [6.45, 7) is 8.80. The van der Waals surface area contributed by atoms with Gasteiger partial charge in [-0.2, -0.15) is 4.98 Å². The standard InChI is InChI=1S/C33H36N8O/c1-22(23-7-8-23)29-17-25-19-35-33(37-27-9-11-28(12-10-27)40-15-13-39(2)14-16-40)38-31(25)41(32(29)42)20-26-18-34-21-36-30(26)24-5-3-4-6-24/h5,9-12,17-19,21,23H,1,3-4,6-8,13-16,20H2,2H3,(H,35,37,38). The van der Waals surface area contributed by atoms with Gasteiger partial charge in [-0.15, -0.1) is 0 Å². The van der Waals surface area contributed by atoms with E-state index in [0.717, 1.165) is 86.2 Å². The van der Waals surface area contributed by atoms with Crippen LogP contribution in [0.2, 0.25) is 0 Å². The van der Waals surface area contributed by atoms with Crippen molar-refractivity contribution in [1.29, 1.82) is 0 Å². The average Bonchev–Trinajstić information content (AvgIpc) is 3.73. The quantitative estimate of drug-likeness (QED) is 0.318. The van der Waals surface area contributed by atoms with Crippen LogP contribution in [-0.2, 0) is 6.54 Å². The summed E-state index contributed by atoms with van der Waals surface area (Å²) in [6.07, 6.45) is 12.8. The number of benzene rings is 1. The van der Waals surface area contributed by atoms with Crippen molar-refractivity contribution in [2.75, 3.05) is 43.4 Å². The Bertz CT molecular complexity index is 1730. The molecular formula is C33H36N8O. The lowest BCUT2D eigenvalue weighted by Gasteiger charge is -2.34. The first-order valence-corrected chi connectivity index (χ1v) is 14.9. The second-order valence-electron chi connectivity index (χ2n) is 11.7. The first-order valence-electron chi connectivity index (χ1n) is 14.9. The van der Waals surface area contributed by atoms with E-state index in [1.54, 1.807) is 17.1 Å². The van der Waals surface area contributed by atoms with Crippen LogP contribution in [-0.4, -0.2) is 62.6 Å². The molecule has 3 aromatic heterocycles. The summed E-state index contributed by atoms with van der Waals surface area (Å²) in [7, 11) is 2.16. The van der Waals surface area contributed by atoms with Gasteiger partial charge in [-0.3, -0.25) is 9.36 Å². The predicted octanol–water partition coefficient (Wildman–Crippen LogP) is 5.12. The molecule has 2 aliphatic carbocycles. The van der Waals surface area contributed by atoms with Gasteiger partial charge in [0.1, 0.15) is 12.0 Å². The van der Waals surface area contributed by atoms with Crippen molar-refractivity contribution in [2.45, 2.75) is 38.6 Å². The Kier molecular flexibility index (Phi) is 7.03. The molecule has 9 nitrogen and oxygen atoms in total. The highest BCUT2D eigenvalue weighted by molar-refractivity contribution is 5.81. The van der Waals surface area contributed by atoms with Crippen LogP contribution in [0.5, 0.6) is 0 Å². The van der Waals surface area contributed by atoms with E-state index in [2.05, 4.69) is 74.0 Å². The van der Waals surface area contributed by atoms with Gasteiger partial charge in [0.2, 0.25) is 5.95 Å². The Morgan fingerprint density at radius 1 is 1.07 bits per heavy atom. The van der Waals surface area contributed by atoms with Gasteiger partial charge in [0.15, 0.2) is 0 Å². The highest BCUT2D eigenvalue weighted by atomic mass is 16.1. The van der Waals surface area contributed by atoms with Gasteiger partial charge in [0, 0.05) is 66.5 Å². The third kappa shape index (κ3) is 5.32. The third-order valence-electron chi connectivity index (χ3n) is 8.70. The minimum Gasteiger partial charge on any atom is -0.369 e. The molecule has 0 spiro atoms. The summed E-state index contributed by atoms with van der Waals surface area (Å²) < 4.78 is 1.75. The Labute approximate surface area is 245 Å². The molecule has 42 heavy (non-hydrogen) atoms. The van der Waals surface area contributed by atoms with Gasteiger partial charge in [0.05, 0.1) is 12.2 Å². The van der Waals surface area contributed by atoms with Crippen molar-refractivity contribution in [1.82, 2.24) is 29.4 Å². The Morgan fingerprint density at radius 3 is 2.62 bits per heavy atom. The molecular weight excluding hydrogens is 524 g/mol. The van der Waals surface area contributed by atoms with Crippen LogP contribution in [0.15, 0.2) is 66.5 Å². The summed E-state index contributed by atoms with van der Waals surface area (Å²) in [4.78, 5) is 37.2. The molecule has 9 heteroatoms. The molecule has 1 saturated carbocycles. The fourth-order valence-corrected chi connectivity index (χ4v) is 6.02. The predicted molar refractivity (Wildman–Crippen MR) is 168 cm³/mol. The molecule has 3 aliphatic rings. The molecule has 1 saturated heterocycles. The van der Waals surface area contributed by atoms with Crippen molar-refractivity contribution in [3.8, 4) is 0 Å². The van der Waals surface area contributed by atoms with Gasteiger partial charge in [-0.05, 0) is 86.5 Å². The number of aromatic nitrogens is 5. The Hall–Kier alpha value is -4.37. The molecule has 214 valence electrons. The Morgan fingerprint density at radius 2 is 1.88 bits per heavy atom. The van der Waals surface area contributed by atoms with E-state index < -0.39 is 0 Å².